The Kier molecular flexibility index (Phi) is 4.55. The van der Waals surface area contributed by atoms with Crippen LogP contribution in [0, 0.1) is 0 Å². The number of carbonyl (C=O) groups excluding carboxylic acids is 2. The first-order valence-corrected chi connectivity index (χ1v) is 5.31. The van der Waals surface area contributed by atoms with E-state index in [1.54, 1.807) is 16.8 Å². The van der Waals surface area contributed by atoms with Crippen LogP contribution >= 0.6 is 0 Å². The van der Waals surface area contributed by atoms with E-state index in [-0.39, 0.29) is 18.4 Å². The third-order valence-electron chi connectivity index (χ3n) is 2.63. The van der Waals surface area contributed by atoms with Gasteiger partial charge in [0.25, 0.3) is 0 Å². The Morgan fingerprint density at radius 1 is 1.47 bits per heavy atom. The molecule has 1 fully saturated rings. The molecular weight excluding hydrogens is 194 g/mol. The minimum atomic E-state index is 0.0308. The van der Waals surface area contributed by atoms with E-state index in [2.05, 4.69) is 5.32 Å². The Labute approximate surface area is 90.4 Å². The number of nitrogens with zero attached hydrogens (tertiary/aromatic N) is 2. The molecule has 1 aliphatic heterocycles. The first-order valence-electron chi connectivity index (χ1n) is 5.31. The van der Waals surface area contributed by atoms with Crippen molar-refractivity contribution in [1.29, 1.82) is 0 Å². The van der Waals surface area contributed by atoms with Gasteiger partial charge in [-0.05, 0) is 20.0 Å². The van der Waals surface area contributed by atoms with Crippen LogP contribution in [0.4, 0.5) is 0 Å². The van der Waals surface area contributed by atoms with Crippen LogP contribution in [0.15, 0.2) is 0 Å². The Hall–Kier alpha value is -1.10. The molecule has 0 atom stereocenters. The number of piperazine rings is 1. The highest BCUT2D eigenvalue weighted by molar-refractivity contribution is 5.85. The van der Waals surface area contributed by atoms with Crippen molar-refractivity contribution in [3.8, 4) is 0 Å². The summed E-state index contributed by atoms with van der Waals surface area (Å²) in [6.07, 6.45) is 1.35. The van der Waals surface area contributed by atoms with Crippen molar-refractivity contribution in [3.05, 3.63) is 0 Å². The molecule has 0 radical (unpaired) electrons. The fourth-order valence-electron chi connectivity index (χ4n) is 1.55. The average molecular weight is 213 g/mol. The zero-order valence-electron chi connectivity index (χ0n) is 9.45. The Morgan fingerprint density at radius 3 is 2.80 bits per heavy atom. The fraction of sp³-hybridized carbons (Fsp3) is 0.800. The van der Waals surface area contributed by atoms with Gasteiger partial charge in [0.2, 0.25) is 11.8 Å². The molecule has 15 heavy (non-hydrogen) atoms. The lowest BCUT2D eigenvalue weighted by atomic mass is 10.2. The third kappa shape index (κ3) is 3.51. The minimum absolute atomic E-state index is 0.0308. The lowest BCUT2D eigenvalue weighted by Crippen LogP contribution is -2.50. The van der Waals surface area contributed by atoms with Gasteiger partial charge in [0.05, 0.1) is 6.54 Å². The van der Waals surface area contributed by atoms with Crippen molar-refractivity contribution in [2.75, 3.05) is 40.3 Å². The second-order valence-corrected chi connectivity index (χ2v) is 3.84. The molecule has 2 amide bonds. The van der Waals surface area contributed by atoms with E-state index in [9.17, 15) is 9.59 Å². The van der Waals surface area contributed by atoms with Crippen molar-refractivity contribution in [2.24, 2.45) is 0 Å². The summed E-state index contributed by atoms with van der Waals surface area (Å²) in [5.41, 5.74) is 0. The van der Waals surface area contributed by atoms with Crippen LogP contribution in [0.25, 0.3) is 0 Å². The van der Waals surface area contributed by atoms with Gasteiger partial charge in [-0.15, -0.1) is 0 Å². The quantitative estimate of drug-likeness (QED) is 0.627. The maximum atomic E-state index is 11.7. The van der Waals surface area contributed by atoms with E-state index in [0.717, 1.165) is 13.0 Å². The summed E-state index contributed by atoms with van der Waals surface area (Å²) in [5, 5.41) is 3.00. The number of nitrogens with one attached hydrogen (secondary N) is 1. The summed E-state index contributed by atoms with van der Waals surface area (Å²) in [7, 11) is 3.63. The topological polar surface area (TPSA) is 52.7 Å². The number of amides is 2. The molecule has 1 heterocycles. The predicted molar refractivity (Wildman–Crippen MR) is 57.4 cm³/mol. The number of hydrogen-bond acceptors (Lipinski definition) is 3. The van der Waals surface area contributed by atoms with E-state index in [0.29, 0.717) is 19.5 Å². The standard InChI is InChI=1S/C10H19N3O2/c1-11-5-3-4-9(14)13-7-6-12(2)10(15)8-13/h11H,3-8H2,1-2H3. The lowest BCUT2D eigenvalue weighted by Gasteiger charge is -2.32. The van der Waals surface area contributed by atoms with Gasteiger partial charge in [-0.1, -0.05) is 0 Å². The Bertz CT molecular complexity index is 243. The summed E-state index contributed by atoms with van der Waals surface area (Å²) in [6.45, 7) is 2.40. The molecule has 1 N–H and O–H groups in total. The van der Waals surface area contributed by atoms with Gasteiger partial charge in [0.1, 0.15) is 0 Å². The van der Waals surface area contributed by atoms with Crippen LogP contribution in [0.1, 0.15) is 12.8 Å². The van der Waals surface area contributed by atoms with E-state index in [1.165, 1.54) is 0 Å². The molecule has 0 aromatic carbocycles. The summed E-state index contributed by atoms with van der Waals surface area (Å²) in [4.78, 5) is 26.3. The minimum Gasteiger partial charge on any atom is -0.342 e. The van der Waals surface area contributed by atoms with E-state index < -0.39 is 0 Å². The highest BCUT2D eigenvalue weighted by Crippen LogP contribution is 2.04. The average Bonchev–Trinajstić information content (AvgIpc) is 2.22. The van der Waals surface area contributed by atoms with Gasteiger partial charge in [-0.25, -0.2) is 0 Å². The van der Waals surface area contributed by atoms with Crippen LogP contribution in [0.5, 0.6) is 0 Å². The van der Waals surface area contributed by atoms with Gasteiger partial charge in [0.15, 0.2) is 0 Å². The molecule has 0 aromatic rings. The molecule has 5 heteroatoms. The lowest BCUT2D eigenvalue weighted by molar-refractivity contribution is -0.144. The van der Waals surface area contributed by atoms with Gasteiger partial charge in [-0.3, -0.25) is 9.59 Å². The molecule has 0 unspecified atom stereocenters. The van der Waals surface area contributed by atoms with Crippen LogP contribution < -0.4 is 5.32 Å². The van der Waals surface area contributed by atoms with Crippen LogP contribution in [-0.2, 0) is 9.59 Å². The number of carbonyl (C=O) groups is 2. The summed E-state index contributed by atoms with van der Waals surface area (Å²) in [6, 6.07) is 0. The van der Waals surface area contributed by atoms with Crippen LogP contribution in [-0.4, -0.2) is 61.9 Å². The van der Waals surface area contributed by atoms with Gasteiger partial charge in [-0.2, -0.15) is 0 Å². The second-order valence-electron chi connectivity index (χ2n) is 3.84. The maximum Gasteiger partial charge on any atom is 0.241 e. The largest absolute Gasteiger partial charge is 0.342 e. The predicted octanol–water partition coefficient (Wildman–Crippen LogP) is -0.713. The highest BCUT2D eigenvalue weighted by atomic mass is 16.2. The van der Waals surface area contributed by atoms with E-state index in [4.69, 9.17) is 0 Å². The zero-order chi connectivity index (χ0) is 11.3. The molecular formula is C10H19N3O2. The number of hydrogen-bond donors (Lipinski definition) is 1. The first-order chi connectivity index (χ1) is 7.15. The van der Waals surface area contributed by atoms with Crippen molar-refractivity contribution >= 4 is 11.8 Å². The second kappa shape index (κ2) is 5.70. The monoisotopic (exact) mass is 213 g/mol. The molecule has 1 rings (SSSR count). The van der Waals surface area contributed by atoms with Gasteiger partial charge >= 0.3 is 0 Å². The summed E-state index contributed by atoms with van der Waals surface area (Å²) in [5.74, 6) is 0.120. The van der Waals surface area contributed by atoms with Gasteiger partial charge < -0.3 is 15.1 Å². The van der Waals surface area contributed by atoms with Crippen LogP contribution in [0.3, 0.4) is 0 Å². The molecule has 1 saturated heterocycles. The molecule has 0 saturated carbocycles. The summed E-state index contributed by atoms with van der Waals surface area (Å²) < 4.78 is 0. The molecule has 0 bridgehead atoms. The van der Waals surface area contributed by atoms with Crippen molar-refractivity contribution in [3.63, 3.8) is 0 Å². The fourth-order valence-corrected chi connectivity index (χ4v) is 1.55. The molecule has 5 nitrogen and oxygen atoms in total. The molecule has 0 spiro atoms. The van der Waals surface area contributed by atoms with Crippen molar-refractivity contribution in [1.82, 2.24) is 15.1 Å². The Balaban J connectivity index is 2.31. The molecule has 0 aromatic heterocycles. The van der Waals surface area contributed by atoms with Crippen molar-refractivity contribution in [2.45, 2.75) is 12.8 Å². The summed E-state index contributed by atoms with van der Waals surface area (Å²) >= 11 is 0. The number of likely N-dealkylation sites (N-methyl/N-ethyl adjacent to an activating group) is 1. The molecule has 86 valence electrons. The normalized spacial score (nSPS) is 17.1. The Morgan fingerprint density at radius 2 is 2.20 bits per heavy atom. The zero-order valence-corrected chi connectivity index (χ0v) is 9.45. The van der Waals surface area contributed by atoms with E-state index >= 15 is 0 Å². The van der Waals surface area contributed by atoms with Crippen LogP contribution in [0.2, 0.25) is 0 Å². The highest BCUT2D eigenvalue weighted by Gasteiger charge is 2.23. The maximum absolute atomic E-state index is 11.7. The SMILES string of the molecule is CNCCCC(=O)N1CCN(C)C(=O)C1. The third-order valence-corrected chi connectivity index (χ3v) is 2.63. The first kappa shape index (κ1) is 12.0. The molecule has 0 aliphatic carbocycles. The van der Waals surface area contributed by atoms with E-state index in [1.807, 2.05) is 7.05 Å². The van der Waals surface area contributed by atoms with Gasteiger partial charge in [0, 0.05) is 26.6 Å². The van der Waals surface area contributed by atoms with Crippen molar-refractivity contribution < 1.29 is 9.59 Å². The number of rotatable bonds is 4. The molecule has 1 aliphatic rings. The smallest absolute Gasteiger partial charge is 0.241 e.